The fourth-order valence-corrected chi connectivity index (χ4v) is 4.67. The zero-order chi connectivity index (χ0) is 19.5. The van der Waals surface area contributed by atoms with Crippen molar-refractivity contribution >= 4 is 0 Å². The van der Waals surface area contributed by atoms with Gasteiger partial charge in [-0.3, -0.25) is 9.80 Å². The zero-order valence-electron chi connectivity index (χ0n) is 16.8. The minimum atomic E-state index is 0.688. The van der Waals surface area contributed by atoms with Crippen molar-refractivity contribution in [3.05, 3.63) is 83.0 Å². The number of aromatic nitrogens is 2. The van der Waals surface area contributed by atoms with Crippen LogP contribution >= 0.6 is 0 Å². The van der Waals surface area contributed by atoms with Crippen LogP contribution in [0.3, 0.4) is 0 Å². The predicted octanol–water partition coefficient (Wildman–Crippen LogP) is 3.34. The molecule has 0 unspecified atom stereocenters. The van der Waals surface area contributed by atoms with E-state index in [2.05, 4.69) is 56.3 Å². The quantitative estimate of drug-likeness (QED) is 0.671. The van der Waals surface area contributed by atoms with Crippen LogP contribution in [0, 0.1) is 0 Å². The summed E-state index contributed by atoms with van der Waals surface area (Å²) in [5.41, 5.74) is 4.30. The molecule has 5 nitrogen and oxygen atoms in total. The van der Waals surface area contributed by atoms with E-state index in [9.17, 15) is 0 Å². The molecule has 0 amide bonds. The highest BCUT2D eigenvalue weighted by Gasteiger charge is 2.27. The lowest BCUT2D eigenvalue weighted by atomic mass is 9.87. The van der Waals surface area contributed by atoms with Crippen molar-refractivity contribution in [2.45, 2.75) is 38.3 Å². The lowest BCUT2D eigenvalue weighted by molar-refractivity contribution is 0.0795. The Morgan fingerprint density at radius 3 is 2.48 bits per heavy atom. The maximum atomic E-state index is 5.51. The van der Waals surface area contributed by atoms with Crippen LogP contribution in [0.2, 0.25) is 0 Å². The van der Waals surface area contributed by atoms with Crippen LogP contribution in [0.25, 0.3) is 0 Å². The molecule has 2 aromatic carbocycles. The van der Waals surface area contributed by atoms with Crippen molar-refractivity contribution in [1.29, 1.82) is 0 Å². The molecule has 1 aliphatic carbocycles. The monoisotopic (exact) mass is 388 g/mol. The van der Waals surface area contributed by atoms with E-state index in [4.69, 9.17) is 4.52 Å². The van der Waals surface area contributed by atoms with E-state index in [1.807, 2.05) is 18.2 Å². The van der Waals surface area contributed by atoms with Crippen molar-refractivity contribution in [1.82, 2.24) is 19.9 Å². The molecule has 29 heavy (non-hydrogen) atoms. The maximum Gasteiger partial charge on any atom is 0.240 e. The van der Waals surface area contributed by atoms with Gasteiger partial charge in [0.1, 0.15) is 0 Å². The summed E-state index contributed by atoms with van der Waals surface area (Å²) < 4.78 is 5.51. The first-order chi connectivity index (χ1) is 14.3. The van der Waals surface area contributed by atoms with Crippen LogP contribution in [0.1, 0.15) is 34.8 Å². The fourth-order valence-electron chi connectivity index (χ4n) is 4.67. The molecule has 1 aliphatic heterocycles. The lowest BCUT2D eigenvalue weighted by Gasteiger charge is -2.40. The second-order valence-corrected chi connectivity index (χ2v) is 8.24. The highest BCUT2D eigenvalue weighted by atomic mass is 16.5. The summed E-state index contributed by atoms with van der Waals surface area (Å²) >= 11 is 0. The average molecular weight is 389 g/mol. The third-order valence-corrected chi connectivity index (χ3v) is 6.32. The minimum absolute atomic E-state index is 0.688. The van der Waals surface area contributed by atoms with Gasteiger partial charge < -0.3 is 4.52 Å². The van der Waals surface area contributed by atoms with Gasteiger partial charge in [-0.15, -0.1) is 0 Å². The summed E-state index contributed by atoms with van der Waals surface area (Å²) in [4.78, 5) is 9.72. The molecule has 2 heterocycles. The molecule has 0 spiro atoms. The summed E-state index contributed by atoms with van der Waals surface area (Å²) in [6, 6.07) is 19.9. The number of benzene rings is 2. The highest BCUT2D eigenvalue weighted by Crippen LogP contribution is 2.25. The number of hydrogen-bond donors (Lipinski definition) is 0. The highest BCUT2D eigenvalue weighted by molar-refractivity contribution is 5.30. The largest absolute Gasteiger partial charge is 0.338 e. The third-order valence-electron chi connectivity index (χ3n) is 6.32. The summed E-state index contributed by atoms with van der Waals surface area (Å²) in [6.45, 7) is 5.13. The summed E-state index contributed by atoms with van der Waals surface area (Å²) in [6.07, 6.45) is 4.42. The van der Waals surface area contributed by atoms with Crippen molar-refractivity contribution < 1.29 is 4.52 Å². The van der Waals surface area contributed by atoms with E-state index in [0.717, 1.165) is 50.9 Å². The van der Waals surface area contributed by atoms with Crippen LogP contribution in [-0.4, -0.2) is 52.2 Å². The Balaban J connectivity index is 1.12. The predicted molar refractivity (Wildman–Crippen MR) is 113 cm³/mol. The molecule has 1 atom stereocenters. The molecular weight excluding hydrogens is 360 g/mol. The van der Waals surface area contributed by atoms with Crippen molar-refractivity contribution in [2.24, 2.45) is 0 Å². The van der Waals surface area contributed by atoms with Gasteiger partial charge in [0.05, 0.1) is 6.54 Å². The van der Waals surface area contributed by atoms with Gasteiger partial charge in [-0.2, -0.15) is 4.98 Å². The second-order valence-electron chi connectivity index (χ2n) is 8.24. The smallest absolute Gasteiger partial charge is 0.240 e. The molecule has 1 aromatic heterocycles. The van der Waals surface area contributed by atoms with Gasteiger partial charge in [0.25, 0.3) is 0 Å². The van der Waals surface area contributed by atoms with Gasteiger partial charge in [-0.25, -0.2) is 0 Å². The molecule has 0 N–H and O–H groups in total. The SMILES string of the molecule is c1ccc(Cc2noc(CN3CCN([C@H]4CCc5ccccc5C4)CC3)n2)cc1. The number of aryl methyl sites for hydroxylation is 1. The second kappa shape index (κ2) is 8.47. The van der Waals surface area contributed by atoms with Crippen LogP contribution in [0.4, 0.5) is 0 Å². The first-order valence-corrected chi connectivity index (χ1v) is 10.7. The summed E-state index contributed by atoms with van der Waals surface area (Å²) in [5.74, 6) is 1.50. The Bertz CT molecular complexity index is 931. The van der Waals surface area contributed by atoms with Crippen molar-refractivity contribution in [2.75, 3.05) is 26.2 Å². The van der Waals surface area contributed by atoms with Crippen molar-refractivity contribution in [3.8, 4) is 0 Å². The van der Waals surface area contributed by atoms with Crippen LogP contribution in [0.5, 0.6) is 0 Å². The summed E-state index contributed by atoms with van der Waals surface area (Å²) in [7, 11) is 0. The number of fused-ring (bicyclic) bond motifs is 1. The zero-order valence-corrected chi connectivity index (χ0v) is 16.8. The molecule has 0 radical (unpaired) electrons. The van der Waals surface area contributed by atoms with Gasteiger partial charge in [0, 0.05) is 38.6 Å². The summed E-state index contributed by atoms with van der Waals surface area (Å²) in [5, 5.41) is 4.16. The van der Waals surface area contributed by atoms with E-state index in [1.54, 1.807) is 11.1 Å². The van der Waals surface area contributed by atoms with Gasteiger partial charge >= 0.3 is 0 Å². The maximum absolute atomic E-state index is 5.51. The Morgan fingerprint density at radius 2 is 1.66 bits per heavy atom. The number of piperazine rings is 1. The fraction of sp³-hybridized carbons (Fsp3) is 0.417. The van der Waals surface area contributed by atoms with Gasteiger partial charge in [0.2, 0.25) is 5.89 Å². The molecule has 3 aromatic rings. The Kier molecular flexibility index (Phi) is 5.41. The van der Waals surface area contributed by atoms with Crippen LogP contribution in [-0.2, 0) is 25.8 Å². The Morgan fingerprint density at radius 1 is 0.897 bits per heavy atom. The van der Waals surface area contributed by atoms with Crippen molar-refractivity contribution in [3.63, 3.8) is 0 Å². The molecule has 150 valence electrons. The Labute approximate surface area is 172 Å². The van der Waals surface area contributed by atoms with E-state index in [1.165, 1.54) is 24.8 Å². The topological polar surface area (TPSA) is 45.4 Å². The minimum Gasteiger partial charge on any atom is -0.338 e. The number of rotatable bonds is 5. The Hall–Kier alpha value is -2.50. The standard InChI is InChI=1S/C24H28N4O/c1-2-6-19(7-3-1)16-23-25-24(29-26-23)18-27-12-14-28(15-13-27)22-11-10-20-8-4-5-9-21(20)17-22/h1-9,22H,10-18H2/t22-/m0/s1. The van der Waals surface area contributed by atoms with E-state index in [-0.39, 0.29) is 0 Å². The normalized spacial score (nSPS) is 20.5. The lowest BCUT2D eigenvalue weighted by Crippen LogP contribution is -2.51. The average Bonchev–Trinajstić information content (AvgIpc) is 3.21. The third kappa shape index (κ3) is 4.41. The molecule has 0 bridgehead atoms. The van der Waals surface area contributed by atoms with Gasteiger partial charge in [-0.05, 0) is 36.0 Å². The van der Waals surface area contributed by atoms with E-state index < -0.39 is 0 Å². The van der Waals surface area contributed by atoms with E-state index in [0.29, 0.717) is 6.04 Å². The molecule has 2 aliphatic rings. The molecule has 5 heteroatoms. The van der Waals surface area contributed by atoms with Gasteiger partial charge in [-0.1, -0.05) is 59.8 Å². The molecule has 0 saturated carbocycles. The van der Waals surface area contributed by atoms with Gasteiger partial charge in [0.15, 0.2) is 5.82 Å². The molecule has 1 saturated heterocycles. The molecule has 5 rings (SSSR count). The first-order valence-electron chi connectivity index (χ1n) is 10.7. The van der Waals surface area contributed by atoms with Crippen LogP contribution in [0.15, 0.2) is 59.1 Å². The molecular formula is C24H28N4O. The van der Waals surface area contributed by atoms with E-state index >= 15 is 0 Å². The van der Waals surface area contributed by atoms with Crippen LogP contribution < -0.4 is 0 Å². The number of nitrogens with zero attached hydrogens (tertiary/aromatic N) is 4. The number of hydrogen-bond acceptors (Lipinski definition) is 5. The molecule has 1 fully saturated rings. The first kappa shape index (κ1) is 18.5.